The summed E-state index contributed by atoms with van der Waals surface area (Å²) in [5, 5.41) is 4.10. The molecule has 0 saturated carbocycles. The first-order valence-corrected chi connectivity index (χ1v) is 9.71. The molecule has 1 atom stereocenters. The van der Waals surface area contributed by atoms with Crippen molar-refractivity contribution in [3.05, 3.63) is 60.0 Å². The summed E-state index contributed by atoms with van der Waals surface area (Å²) in [6, 6.07) is 14.4. The third-order valence-corrected chi connectivity index (χ3v) is 4.90. The van der Waals surface area contributed by atoms with Crippen LogP contribution in [0.3, 0.4) is 0 Å². The average Bonchev–Trinajstić information content (AvgIpc) is 3.24. The summed E-state index contributed by atoms with van der Waals surface area (Å²) >= 11 is 0. The molecule has 0 amide bonds. The second-order valence-electron chi connectivity index (χ2n) is 6.93. The van der Waals surface area contributed by atoms with Gasteiger partial charge in [-0.25, -0.2) is 4.98 Å². The Bertz CT molecular complexity index is 866. The van der Waals surface area contributed by atoms with Gasteiger partial charge in [0.2, 0.25) is 0 Å². The second kappa shape index (κ2) is 8.95. The molecule has 1 fully saturated rings. The van der Waals surface area contributed by atoms with Crippen molar-refractivity contribution in [3.63, 3.8) is 0 Å². The topological polar surface area (TPSA) is 90.3 Å². The molecule has 1 saturated heterocycles. The number of nitrogens with zero attached hydrogens (tertiary/aromatic N) is 4. The zero-order valence-electron chi connectivity index (χ0n) is 15.8. The van der Waals surface area contributed by atoms with Crippen LogP contribution in [0.15, 0.2) is 53.2 Å². The zero-order valence-corrected chi connectivity index (χ0v) is 15.8. The molecule has 2 N–H and O–H groups in total. The molecule has 1 aliphatic rings. The van der Waals surface area contributed by atoms with Gasteiger partial charge in [-0.3, -0.25) is 0 Å². The molecule has 7 heteroatoms. The molecule has 146 valence electrons. The predicted molar refractivity (Wildman–Crippen MR) is 107 cm³/mol. The first kappa shape index (κ1) is 18.6. The smallest absolute Gasteiger partial charge is 0.259 e. The maximum Gasteiger partial charge on any atom is 0.259 e. The largest absolute Gasteiger partial charge is 0.373 e. The number of morpholine rings is 1. The number of hydrogen-bond acceptors (Lipinski definition) is 7. The number of benzene rings is 1. The van der Waals surface area contributed by atoms with Crippen LogP contribution in [0, 0.1) is 0 Å². The fraction of sp³-hybridized carbons (Fsp3) is 0.381. The number of rotatable bonds is 7. The monoisotopic (exact) mass is 379 g/mol. The average molecular weight is 379 g/mol. The molecule has 0 aliphatic carbocycles. The van der Waals surface area contributed by atoms with Crippen LogP contribution >= 0.6 is 0 Å². The van der Waals surface area contributed by atoms with Crippen molar-refractivity contribution in [2.75, 3.05) is 31.1 Å². The van der Waals surface area contributed by atoms with Crippen LogP contribution in [-0.4, -0.2) is 47.5 Å². The van der Waals surface area contributed by atoms with Crippen LogP contribution in [0.5, 0.6) is 0 Å². The van der Waals surface area contributed by atoms with E-state index in [-0.39, 0.29) is 6.10 Å². The van der Waals surface area contributed by atoms with Gasteiger partial charge in [-0.1, -0.05) is 35.5 Å². The molecule has 3 aromatic rings. The number of hydrogen-bond donors (Lipinski definition) is 1. The lowest BCUT2D eigenvalue weighted by molar-refractivity contribution is 0.0463. The van der Waals surface area contributed by atoms with Gasteiger partial charge in [0.1, 0.15) is 5.82 Å². The minimum Gasteiger partial charge on any atom is -0.373 e. The van der Waals surface area contributed by atoms with Crippen molar-refractivity contribution in [2.45, 2.75) is 25.4 Å². The summed E-state index contributed by atoms with van der Waals surface area (Å²) in [4.78, 5) is 11.3. The molecule has 1 aromatic carbocycles. The van der Waals surface area contributed by atoms with Gasteiger partial charge in [-0.05, 0) is 30.5 Å². The summed E-state index contributed by atoms with van der Waals surface area (Å²) < 4.78 is 11.0. The van der Waals surface area contributed by atoms with Gasteiger partial charge in [0.25, 0.3) is 5.89 Å². The Balaban J connectivity index is 1.34. The third kappa shape index (κ3) is 4.55. The summed E-state index contributed by atoms with van der Waals surface area (Å²) in [7, 11) is 0. The molecule has 0 unspecified atom stereocenters. The van der Waals surface area contributed by atoms with Gasteiger partial charge in [-0.15, -0.1) is 0 Å². The maximum atomic E-state index is 5.71. The molecule has 28 heavy (non-hydrogen) atoms. The van der Waals surface area contributed by atoms with E-state index in [9.17, 15) is 0 Å². The lowest BCUT2D eigenvalue weighted by atomic mass is 10.1. The third-order valence-electron chi connectivity index (χ3n) is 4.90. The van der Waals surface area contributed by atoms with E-state index in [0.717, 1.165) is 49.6 Å². The van der Waals surface area contributed by atoms with Crippen molar-refractivity contribution < 1.29 is 9.26 Å². The van der Waals surface area contributed by atoms with Gasteiger partial charge >= 0.3 is 0 Å². The number of pyridine rings is 1. The first-order valence-electron chi connectivity index (χ1n) is 9.71. The van der Waals surface area contributed by atoms with Crippen LogP contribution < -0.4 is 10.6 Å². The van der Waals surface area contributed by atoms with Crippen LogP contribution in [0.25, 0.3) is 11.5 Å². The molecule has 7 nitrogen and oxygen atoms in total. The molecular formula is C21H25N5O2. The highest BCUT2D eigenvalue weighted by molar-refractivity contribution is 5.54. The lowest BCUT2D eigenvalue weighted by Gasteiger charge is -2.33. The molecule has 1 aliphatic heterocycles. The van der Waals surface area contributed by atoms with Crippen LogP contribution in [0.2, 0.25) is 0 Å². The van der Waals surface area contributed by atoms with E-state index in [1.165, 1.54) is 5.56 Å². The number of aryl methyl sites for hydroxylation is 2. The summed E-state index contributed by atoms with van der Waals surface area (Å²) in [6.45, 7) is 2.76. The molecule has 0 radical (unpaired) electrons. The Labute approximate surface area is 164 Å². The van der Waals surface area contributed by atoms with Crippen molar-refractivity contribution in [2.24, 2.45) is 5.73 Å². The molecule has 3 heterocycles. The molecular weight excluding hydrogens is 354 g/mol. The van der Waals surface area contributed by atoms with E-state index in [1.54, 1.807) is 6.20 Å². The van der Waals surface area contributed by atoms with Gasteiger partial charge in [-0.2, -0.15) is 4.98 Å². The Morgan fingerprint density at radius 1 is 1.11 bits per heavy atom. The minimum absolute atomic E-state index is 0.0598. The number of ether oxygens (including phenoxy) is 1. The Morgan fingerprint density at radius 2 is 2.00 bits per heavy atom. The van der Waals surface area contributed by atoms with E-state index >= 15 is 0 Å². The van der Waals surface area contributed by atoms with Crippen molar-refractivity contribution in [1.82, 2.24) is 15.1 Å². The number of anilines is 1. The van der Waals surface area contributed by atoms with Crippen LogP contribution in [0.1, 0.15) is 17.8 Å². The Kier molecular flexibility index (Phi) is 5.94. The van der Waals surface area contributed by atoms with Crippen molar-refractivity contribution in [1.29, 1.82) is 0 Å². The highest BCUT2D eigenvalue weighted by Gasteiger charge is 2.20. The molecule has 2 aromatic heterocycles. The normalized spacial score (nSPS) is 17.0. The summed E-state index contributed by atoms with van der Waals surface area (Å²) in [6.07, 6.45) is 4.62. The first-order chi connectivity index (χ1) is 13.8. The highest BCUT2D eigenvalue weighted by Crippen LogP contribution is 2.21. The van der Waals surface area contributed by atoms with Crippen molar-refractivity contribution in [3.8, 4) is 11.5 Å². The van der Waals surface area contributed by atoms with E-state index in [2.05, 4.69) is 44.3 Å². The minimum atomic E-state index is 0.0598. The van der Waals surface area contributed by atoms with E-state index in [1.807, 2.05) is 18.2 Å². The van der Waals surface area contributed by atoms with Gasteiger partial charge in [0.05, 0.1) is 18.3 Å². The zero-order chi connectivity index (χ0) is 19.2. The number of aromatic nitrogens is 3. The molecule has 4 rings (SSSR count). The van der Waals surface area contributed by atoms with E-state index in [0.29, 0.717) is 19.0 Å². The summed E-state index contributed by atoms with van der Waals surface area (Å²) in [5.41, 5.74) is 7.87. The highest BCUT2D eigenvalue weighted by atomic mass is 16.5. The SMILES string of the molecule is NC[C@@H]1CN(c2ccc(-c3nc(CCCc4ccccc4)no3)cn2)CCO1. The van der Waals surface area contributed by atoms with E-state index in [4.69, 9.17) is 15.0 Å². The fourth-order valence-corrected chi connectivity index (χ4v) is 3.34. The van der Waals surface area contributed by atoms with Crippen molar-refractivity contribution >= 4 is 5.82 Å². The van der Waals surface area contributed by atoms with Gasteiger partial charge in [0, 0.05) is 32.3 Å². The number of nitrogens with two attached hydrogens (primary N) is 1. The maximum absolute atomic E-state index is 5.71. The van der Waals surface area contributed by atoms with E-state index < -0.39 is 0 Å². The van der Waals surface area contributed by atoms with Crippen LogP contribution in [-0.2, 0) is 17.6 Å². The quantitative estimate of drug-likeness (QED) is 0.674. The Morgan fingerprint density at radius 3 is 2.79 bits per heavy atom. The molecule has 0 bridgehead atoms. The standard InChI is InChI=1S/C21H25N5O2/c22-13-18-15-26(11-12-27-18)20-10-9-17(14-23-20)21-24-19(25-28-21)8-4-7-16-5-2-1-3-6-16/h1-3,5-6,9-10,14,18H,4,7-8,11-13,15,22H2/t18-/m1/s1. The summed E-state index contributed by atoms with van der Waals surface area (Å²) in [5.74, 6) is 2.15. The second-order valence-corrected chi connectivity index (χ2v) is 6.93. The van der Waals surface area contributed by atoms with Crippen LogP contribution in [0.4, 0.5) is 5.82 Å². The molecule has 0 spiro atoms. The Hall–Kier alpha value is -2.77. The van der Waals surface area contributed by atoms with Gasteiger partial charge < -0.3 is 19.9 Å². The predicted octanol–water partition coefficient (Wildman–Crippen LogP) is 2.47. The lowest BCUT2D eigenvalue weighted by Crippen LogP contribution is -2.46. The van der Waals surface area contributed by atoms with Gasteiger partial charge in [0.15, 0.2) is 5.82 Å². The fourth-order valence-electron chi connectivity index (χ4n) is 3.34.